The fourth-order valence-corrected chi connectivity index (χ4v) is 1.53. The third-order valence-electron chi connectivity index (χ3n) is 2.43. The minimum Gasteiger partial charge on any atom is -0.339 e. The summed E-state index contributed by atoms with van der Waals surface area (Å²) in [5.74, 6) is 0.160. The molecule has 0 aliphatic carbocycles. The summed E-state index contributed by atoms with van der Waals surface area (Å²) in [4.78, 5) is 15.3. The van der Waals surface area contributed by atoms with Gasteiger partial charge in [-0.15, -0.1) is 11.6 Å². The molecule has 1 rings (SSSR count). The van der Waals surface area contributed by atoms with Crippen molar-refractivity contribution >= 4 is 17.5 Å². The number of rotatable bonds is 1. The molecule has 0 bridgehead atoms. The Morgan fingerprint density at radius 3 is 2.75 bits per heavy atom. The van der Waals surface area contributed by atoms with Crippen LogP contribution in [0.4, 0.5) is 0 Å². The molecule has 4 heteroatoms. The first-order valence-electron chi connectivity index (χ1n) is 4.19. The van der Waals surface area contributed by atoms with Gasteiger partial charge in [-0.3, -0.25) is 4.79 Å². The molecule has 1 saturated heterocycles. The Hall–Kier alpha value is -0.280. The molecule has 1 heterocycles. The zero-order valence-corrected chi connectivity index (χ0v) is 8.34. The molecule has 1 aliphatic rings. The number of carbonyl (C=O) groups is 1. The average Bonchev–Trinajstić information content (AvgIpc) is 2.08. The number of nitrogens with zero attached hydrogens (tertiary/aromatic N) is 2. The van der Waals surface area contributed by atoms with E-state index in [4.69, 9.17) is 11.6 Å². The normalized spacial score (nSPS) is 25.9. The maximum atomic E-state index is 11.2. The van der Waals surface area contributed by atoms with Gasteiger partial charge < -0.3 is 9.80 Å². The highest BCUT2D eigenvalue weighted by molar-refractivity contribution is 6.27. The van der Waals surface area contributed by atoms with Gasteiger partial charge in [-0.05, 0) is 14.0 Å². The van der Waals surface area contributed by atoms with Crippen molar-refractivity contribution in [3.05, 3.63) is 0 Å². The highest BCUT2D eigenvalue weighted by Crippen LogP contribution is 2.07. The van der Waals surface area contributed by atoms with Gasteiger partial charge in [0, 0.05) is 25.7 Å². The third kappa shape index (κ3) is 2.11. The van der Waals surface area contributed by atoms with E-state index in [9.17, 15) is 4.79 Å². The number of amides is 1. The van der Waals surface area contributed by atoms with Crippen molar-refractivity contribution in [3.63, 3.8) is 0 Å². The molecule has 0 aromatic carbocycles. The largest absolute Gasteiger partial charge is 0.339 e. The van der Waals surface area contributed by atoms with Gasteiger partial charge in [-0.2, -0.15) is 0 Å². The molecule has 3 nitrogen and oxygen atoms in total. The number of piperazine rings is 1. The smallest absolute Gasteiger partial charge is 0.237 e. The Balaban J connectivity index is 2.45. The van der Waals surface area contributed by atoms with Crippen LogP contribution in [0.15, 0.2) is 0 Å². The van der Waals surface area contributed by atoms with E-state index >= 15 is 0 Å². The van der Waals surface area contributed by atoms with Crippen molar-refractivity contribution in [1.82, 2.24) is 9.80 Å². The summed E-state index contributed by atoms with van der Waals surface area (Å²) < 4.78 is 0. The maximum Gasteiger partial charge on any atom is 0.237 e. The molecule has 0 aromatic rings. The fourth-order valence-electron chi connectivity index (χ4n) is 1.36. The van der Waals surface area contributed by atoms with E-state index in [0.29, 0.717) is 6.04 Å². The molecule has 0 spiro atoms. The second-order valence-corrected chi connectivity index (χ2v) is 3.57. The van der Waals surface area contributed by atoms with Gasteiger partial charge in [0.15, 0.2) is 0 Å². The minimum absolute atomic E-state index is 0.0524. The number of hydrogen-bond donors (Lipinski definition) is 0. The molecule has 1 amide bonds. The summed E-state index contributed by atoms with van der Waals surface area (Å²) in [5.41, 5.74) is 0. The summed E-state index contributed by atoms with van der Waals surface area (Å²) in [6.07, 6.45) is 0. The van der Waals surface area contributed by atoms with Crippen molar-refractivity contribution in [2.24, 2.45) is 0 Å². The Morgan fingerprint density at radius 1 is 1.58 bits per heavy atom. The Labute approximate surface area is 78.3 Å². The average molecular weight is 191 g/mol. The van der Waals surface area contributed by atoms with E-state index in [1.54, 1.807) is 0 Å². The van der Waals surface area contributed by atoms with Crippen LogP contribution in [0.25, 0.3) is 0 Å². The van der Waals surface area contributed by atoms with E-state index < -0.39 is 0 Å². The number of alkyl halides is 1. The summed E-state index contributed by atoms with van der Waals surface area (Å²) in [6.45, 7) is 4.69. The van der Waals surface area contributed by atoms with Crippen LogP contribution in [0.5, 0.6) is 0 Å². The van der Waals surface area contributed by atoms with Crippen LogP contribution in [0.3, 0.4) is 0 Å². The highest BCUT2D eigenvalue weighted by atomic mass is 35.5. The second-order valence-electron chi connectivity index (χ2n) is 3.30. The molecule has 12 heavy (non-hydrogen) atoms. The predicted molar refractivity (Wildman–Crippen MR) is 49.4 cm³/mol. The topological polar surface area (TPSA) is 23.6 Å². The van der Waals surface area contributed by atoms with Gasteiger partial charge in [0.05, 0.1) is 0 Å². The number of halogens is 1. The monoisotopic (exact) mass is 190 g/mol. The van der Waals surface area contributed by atoms with Gasteiger partial charge >= 0.3 is 0 Å². The highest BCUT2D eigenvalue weighted by Gasteiger charge is 2.23. The SMILES string of the molecule is C[C@H]1CN(C(=O)CCl)CCN1C. The van der Waals surface area contributed by atoms with Crippen molar-refractivity contribution in [2.75, 3.05) is 32.6 Å². The molecular formula is C8H15ClN2O. The zero-order valence-electron chi connectivity index (χ0n) is 7.59. The summed E-state index contributed by atoms with van der Waals surface area (Å²) >= 11 is 5.46. The first kappa shape index (κ1) is 9.81. The van der Waals surface area contributed by atoms with Crippen molar-refractivity contribution < 1.29 is 4.79 Å². The van der Waals surface area contributed by atoms with Gasteiger partial charge in [-0.25, -0.2) is 0 Å². The molecule has 0 radical (unpaired) electrons. The molecule has 0 aromatic heterocycles. The van der Waals surface area contributed by atoms with Crippen LogP contribution in [0.1, 0.15) is 6.92 Å². The second kappa shape index (κ2) is 4.10. The van der Waals surface area contributed by atoms with Crippen LogP contribution in [-0.2, 0) is 4.79 Å². The number of likely N-dealkylation sites (N-methyl/N-ethyl adjacent to an activating group) is 1. The van der Waals surface area contributed by atoms with Crippen LogP contribution in [-0.4, -0.2) is 54.3 Å². The van der Waals surface area contributed by atoms with Gasteiger partial charge in [0.2, 0.25) is 5.91 Å². The van der Waals surface area contributed by atoms with E-state index in [0.717, 1.165) is 19.6 Å². The Kier molecular flexibility index (Phi) is 3.35. The lowest BCUT2D eigenvalue weighted by atomic mass is 10.2. The van der Waals surface area contributed by atoms with Gasteiger partial charge in [0.1, 0.15) is 5.88 Å². The van der Waals surface area contributed by atoms with E-state index in [1.165, 1.54) is 0 Å². The Morgan fingerprint density at radius 2 is 2.25 bits per heavy atom. The third-order valence-corrected chi connectivity index (χ3v) is 2.66. The first-order valence-corrected chi connectivity index (χ1v) is 4.72. The summed E-state index contributed by atoms with van der Waals surface area (Å²) in [7, 11) is 2.08. The molecule has 0 N–H and O–H groups in total. The zero-order chi connectivity index (χ0) is 9.14. The molecule has 1 atom stereocenters. The number of carbonyl (C=O) groups excluding carboxylic acids is 1. The van der Waals surface area contributed by atoms with E-state index in [1.807, 2.05) is 4.90 Å². The lowest BCUT2D eigenvalue weighted by molar-refractivity contribution is -0.131. The van der Waals surface area contributed by atoms with Crippen molar-refractivity contribution in [1.29, 1.82) is 0 Å². The van der Waals surface area contributed by atoms with Crippen molar-refractivity contribution in [2.45, 2.75) is 13.0 Å². The van der Waals surface area contributed by atoms with Crippen LogP contribution < -0.4 is 0 Å². The van der Waals surface area contributed by atoms with Crippen molar-refractivity contribution in [3.8, 4) is 0 Å². The summed E-state index contributed by atoms with van der Waals surface area (Å²) in [5, 5.41) is 0. The van der Waals surface area contributed by atoms with E-state index in [-0.39, 0.29) is 11.8 Å². The maximum absolute atomic E-state index is 11.2. The quantitative estimate of drug-likeness (QED) is 0.559. The minimum atomic E-state index is 0.0524. The summed E-state index contributed by atoms with van der Waals surface area (Å²) in [6, 6.07) is 0.450. The molecule has 70 valence electrons. The fraction of sp³-hybridized carbons (Fsp3) is 0.875. The lowest BCUT2D eigenvalue weighted by Gasteiger charge is -2.37. The molecule has 1 aliphatic heterocycles. The van der Waals surface area contributed by atoms with Crippen LogP contribution in [0, 0.1) is 0 Å². The predicted octanol–water partition coefficient (Wildman–Crippen LogP) is 0.388. The number of hydrogen-bond acceptors (Lipinski definition) is 2. The Bertz CT molecular complexity index is 174. The standard InChI is InChI=1S/C8H15ClN2O/c1-7-6-11(8(12)5-9)4-3-10(7)2/h7H,3-6H2,1-2H3/t7-/m0/s1. The molecular weight excluding hydrogens is 176 g/mol. The van der Waals surface area contributed by atoms with E-state index in [2.05, 4.69) is 18.9 Å². The van der Waals surface area contributed by atoms with Crippen LogP contribution >= 0.6 is 11.6 Å². The molecule has 0 saturated carbocycles. The van der Waals surface area contributed by atoms with Crippen LogP contribution in [0.2, 0.25) is 0 Å². The van der Waals surface area contributed by atoms with Gasteiger partial charge in [-0.1, -0.05) is 0 Å². The first-order chi connectivity index (χ1) is 5.65. The van der Waals surface area contributed by atoms with Gasteiger partial charge in [0.25, 0.3) is 0 Å². The molecule has 0 unspecified atom stereocenters. The lowest BCUT2D eigenvalue weighted by Crippen LogP contribution is -2.52. The molecule has 1 fully saturated rings.